The lowest BCUT2D eigenvalue weighted by Gasteiger charge is -2.31. The summed E-state index contributed by atoms with van der Waals surface area (Å²) in [6.07, 6.45) is 3.05. The van der Waals surface area contributed by atoms with Crippen LogP contribution in [0.5, 0.6) is 0 Å². The van der Waals surface area contributed by atoms with Gasteiger partial charge in [0.1, 0.15) is 10.0 Å². The number of pyridine rings is 1. The van der Waals surface area contributed by atoms with Crippen LogP contribution in [-0.4, -0.2) is 30.3 Å². The molecule has 4 nitrogen and oxygen atoms in total. The van der Waals surface area contributed by atoms with Gasteiger partial charge in [-0.2, -0.15) is 4.31 Å². The molecular weight excluding hydrogens is 296 g/mol. The topological polar surface area (TPSA) is 50.3 Å². The zero-order chi connectivity index (χ0) is 15.3. The van der Waals surface area contributed by atoms with Crippen LogP contribution < -0.4 is 0 Å². The highest BCUT2D eigenvalue weighted by Crippen LogP contribution is 2.26. The van der Waals surface area contributed by atoms with Gasteiger partial charge in [-0.1, -0.05) is 39.3 Å². The molecule has 6 heteroatoms. The highest BCUT2D eigenvalue weighted by Gasteiger charge is 2.32. The predicted molar refractivity (Wildman–Crippen MR) is 82.3 cm³/mol. The molecule has 0 spiro atoms. The maximum absolute atomic E-state index is 12.8. The van der Waals surface area contributed by atoms with Gasteiger partial charge in [-0.25, -0.2) is 13.4 Å². The Labute approximate surface area is 127 Å². The zero-order valence-electron chi connectivity index (χ0n) is 12.5. The lowest BCUT2D eigenvalue weighted by molar-refractivity contribution is 0.277. The van der Waals surface area contributed by atoms with E-state index in [0.717, 1.165) is 12.8 Å². The maximum atomic E-state index is 12.8. The van der Waals surface area contributed by atoms with Crippen molar-refractivity contribution in [3.63, 3.8) is 0 Å². The van der Waals surface area contributed by atoms with Gasteiger partial charge in [-0.3, -0.25) is 0 Å². The summed E-state index contributed by atoms with van der Waals surface area (Å²) in [6.45, 7) is 8.51. The largest absolute Gasteiger partial charge is 0.246 e. The first-order chi connectivity index (χ1) is 9.34. The smallest absolute Gasteiger partial charge is 0.243 e. The highest BCUT2D eigenvalue weighted by atomic mass is 35.5. The number of sulfonamides is 1. The number of aromatic nitrogens is 1. The molecule has 0 aliphatic rings. The molecule has 0 aromatic carbocycles. The van der Waals surface area contributed by atoms with E-state index in [1.807, 2.05) is 27.7 Å². The monoisotopic (exact) mass is 318 g/mol. The summed E-state index contributed by atoms with van der Waals surface area (Å²) in [5, 5.41) is 0.0345. The molecule has 0 radical (unpaired) electrons. The first kappa shape index (κ1) is 17.4. The summed E-state index contributed by atoms with van der Waals surface area (Å²) in [7, 11) is -3.61. The summed E-state index contributed by atoms with van der Waals surface area (Å²) in [5.74, 6) is 0.251. The molecule has 0 aliphatic heterocycles. The van der Waals surface area contributed by atoms with Crippen molar-refractivity contribution in [3.05, 3.63) is 23.5 Å². The van der Waals surface area contributed by atoms with E-state index in [-0.39, 0.29) is 22.0 Å². The molecule has 0 saturated carbocycles. The van der Waals surface area contributed by atoms with Crippen LogP contribution in [0.2, 0.25) is 5.15 Å². The van der Waals surface area contributed by atoms with Crippen LogP contribution >= 0.6 is 11.6 Å². The fraction of sp³-hybridized carbons (Fsp3) is 0.643. The Morgan fingerprint density at radius 3 is 2.35 bits per heavy atom. The van der Waals surface area contributed by atoms with Crippen molar-refractivity contribution in [1.82, 2.24) is 9.29 Å². The molecule has 0 atom stereocenters. The van der Waals surface area contributed by atoms with E-state index >= 15 is 0 Å². The minimum absolute atomic E-state index is 0.0151. The summed E-state index contributed by atoms with van der Waals surface area (Å²) in [4.78, 5) is 3.97. The van der Waals surface area contributed by atoms with E-state index in [2.05, 4.69) is 4.98 Å². The lowest BCUT2D eigenvalue weighted by atomic mass is 10.1. The van der Waals surface area contributed by atoms with Crippen molar-refractivity contribution < 1.29 is 8.42 Å². The highest BCUT2D eigenvalue weighted by molar-refractivity contribution is 7.89. The van der Waals surface area contributed by atoms with Gasteiger partial charge in [-0.15, -0.1) is 0 Å². The van der Waals surface area contributed by atoms with E-state index in [4.69, 9.17) is 11.6 Å². The average molecular weight is 319 g/mol. The second-order valence-corrected chi connectivity index (χ2v) is 7.45. The molecule has 1 rings (SSSR count). The summed E-state index contributed by atoms with van der Waals surface area (Å²) in [6, 6.07) is 3.10. The molecule has 1 heterocycles. The molecule has 0 aliphatic carbocycles. The Bertz CT molecular complexity index is 528. The summed E-state index contributed by atoms with van der Waals surface area (Å²) >= 11 is 5.96. The third-order valence-electron chi connectivity index (χ3n) is 3.21. The Hall–Kier alpha value is -0.650. The SMILES string of the molecule is CCC(CC)N(CC(C)C)S(=O)(=O)c1cccnc1Cl. The molecule has 114 valence electrons. The number of hydrogen-bond acceptors (Lipinski definition) is 3. The van der Waals surface area contributed by atoms with Gasteiger partial charge in [0, 0.05) is 18.8 Å². The normalized spacial score (nSPS) is 12.6. The first-order valence-electron chi connectivity index (χ1n) is 6.96. The third-order valence-corrected chi connectivity index (χ3v) is 5.57. The van der Waals surface area contributed by atoms with Crippen LogP contribution in [0, 0.1) is 5.92 Å². The fourth-order valence-corrected chi connectivity index (χ4v) is 4.55. The van der Waals surface area contributed by atoms with Crippen LogP contribution in [0.3, 0.4) is 0 Å². The van der Waals surface area contributed by atoms with E-state index < -0.39 is 10.0 Å². The van der Waals surface area contributed by atoms with E-state index in [1.165, 1.54) is 12.3 Å². The van der Waals surface area contributed by atoms with Gasteiger partial charge in [0.2, 0.25) is 10.0 Å². The average Bonchev–Trinajstić information content (AvgIpc) is 2.38. The Kier molecular flexibility index (Phi) is 6.43. The standard InChI is InChI=1S/C14H23ClN2O2S/c1-5-12(6-2)17(10-11(3)4)20(18,19)13-8-7-9-16-14(13)15/h7-9,11-12H,5-6,10H2,1-4H3. The van der Waals surface area contributed by atoms with Crippen LogP contribution in [0.1, 0.15) is 40.5 Å². The molecule has 0 saturated heterocycles. The number of hydrogen-bond donors (Lipinski definition) is 0. The van der Waals surface area contributed by atoms with Gasteiger partial charge in [0.15, 0.2) is 0 Å². The van der Waals surface area contributed by atoms with Crippen molar-refractivity contribution in [2.24, 2.45) is 5.92 Å². The molecule has 20 heavy (non-hydrogen) atoms. The molecule has 0 unspecified atom stereocenters. The quantitative estimate of drug-likeness (QED) is 0.722. The van der Waals surface area contributed by atoms with Gasteiger partial charge in [0.05, 0.1) is 0 Å². The van der Waals surface area contributed by atoms with Crippen molar-refractivity contribution in [2.75, 3.05) is 6.54 Å². The van der Waals surface area contributed by atoms with Crippen LogP contribution in [0.25, 0.3) is 0 Å². The number of nitrogens with zero attached hydrogens (tertiary/aromatic N) is 2. The van der Waals surface area contributed by atoms with Gasteiger partial charge in [0.25, 0.3) is 0 Å². The molecule has 0 fully saturated rings. The third kappa shape index (κ3) is 3.93. The van der Waals surface area contributed by atoms with Crippen LogP contribution in [0.15, 0.2) is 23.2 Å². The van der Waals surface area contributed by atoms with Gasteiger partial charge >= 0.3 is 0 Å². The van der Waals surface area contributed by atoms with E-state index in [9.17, 15) is 8.42 Å². The van der Waals surface area contributed by atoms with Crippen molar-refractivity contribution in [2.45, 2.75) is 51.5 Å². The van der Waals surface area contributed by atoms with Crippen LogP contribution in [0.4, 0.5) is 0 Å². The van der Waals surface area contributed by atoms with E-state index in [0.29, 0.717) is 6.54 Å². The van der Waals surface area contributed by atoms with Crippen molar-refractivity contribution in [1.29, 1.82) is 0 Å². The van der Waals surface area contributed by atoms with Crippen LogP contribution in [-0.2, 0) is 10.0 Å². The zero-order valence-corrected chi connectivity index (χ0v) is 14.1. The van der Waals surface area contributed by atoms with Crippen molar-refractivity contribution in [3.8, 4) is 0 Å². The Morgan fingerprint density at radius 2 is 1.90 bits per heavy atom. The second kappa shape index (κ2) is 7.38. The van der Waals surface area contributed by atoms with E-state index in [1.54, 1.807) is 10.4 Å². The molecule has 1 aromatic rings. The molecule has 0 amide bonds. The minimum atomic E-state index is -3.61. The van der Waals surface area contributed by atoms with Gasteiger partial charge < -0.3 is 0 Å². The first-order valence-corrected chi connectivity index (χ1v) is 8.78. The Morgan fingerprint density at radius 1 is 1.30 bits per heavy atom. The molecule has 0 bridgehead atoms. The second-order valence-electron chi connectivity index (χ2n) is 5.23. The summed E-state index contributed by atoms with van der Waals surface area (Å²) in [5.41, 5.74) is 0. The molecule has 1 aromatic heterocycles. The van der Waals surface area contributed by atoms with Crippen molar-refractivity contribution >= 4 is 21.6 Å². The maximum Gasteiger partial charge on any atom is 0.246 e. The summed E-state index contributed by atoms with van der Waals surface area (Å²) < 4.78 is 27.3. The lowest BCUT2D eigenvalue weighted by Crippen LogP contribution is -2.42. The molecular formula is C14H23ClN2O2S. The number of rotatable bonds is 7. The number of halogens is 1. The Balaban J connectivity index is 3.27. The fourth-order valence-electron chi connectivity index (χ4n) is 2.19. The minimum Gasteiger partial charge on any atom is -0.243 e. The van der Waals surface area contributed by atoms with Gasteiger partial charge in [-0.05, 0) is 30.9 Å². The predicted octanol–water partition coefficient (Wildman–Crippen LogP) is 3.57. The molecule has 0 N–H and O–H groups in total.